The van der Waals surface area contributed by atoms with Crippen LogP contribution in [0.2, 0.25) is 0 Å². The van der Waals surface area contributed by atoms with Gasteiger partial charge < -0.3 is 10.0 Å². The van der Waals surface area contributed by atoms with Crippen LogP contribution in [0.3, 0.4) is 0 Å². The van der Waals surface area contributed by atoms with Gasteiger partial charge in [-0.1, -0.05) is 6.07 Å². The topological polar surface area (TPSA) is 40.5 Å². The van der Waals surface area contributed by atoms with Gasteiger partial charge in [-0.25, -0.2) is 4.39 Å². The summed E-state index contributed by atoms with van der Waals surface area (Å²) in [5.74, 6) is -1.13. The first-order valence-corrected chi connectivity index (χ1v) is 6.37. The number of carbonyl (C=O) groups excluding carboxylic acids is 1. The van der Waals surface area contributed by atoms with E-state index in [-0.39, 0.29) is 17.4 Å². The SMILES string of the molecule is CC(C)N(CCCCl)C(=O)c1c(O)cccc1F. The zero-order valence-corrected chi connectivity index (χ0v) is 11.2. The second-order valence-corrected chi connectivity index (χ2v) is 4.65. The van der Waals surface area contributed by atoms with E-state index >= 15 is 0 Å². The fourth-order valence-corrected chi connectivity index (χ4v) is 1.81. The van der Waals surface area contributed by atoms with Gasteiger partial charge in [0, 0.05) is 18.5 Å². The van der Waals surface area contributed by atoms with Gasteiger partial charge in [0.25, 0.3) is 5.91 Å². The Labute approximate surface area is 111 Å². The molecular weight excluding hydrogens is 257 g/mol. The van der Waals surface area contributed by atoms with Gasteiger partial charge in [0.2, 0.25) is 0 Å². The first-order valence-electron chi connectivity index (χ1n) is 5.83. The van der Waals surface area contributed by atoms with Crippen LogP contribution < -0.4 is 0 Å². The molecular formula is C13H17ClFNO2. The second kappa shape index (κ2) is 6.59. The lowest BCUT2D eigenvalue weighted by Gasteiger charge is -2.27. The second-order valence-electron chi connectivity index (χ2n) is 4.27. The van der Waals surface area contributed by atoms with Gasteiger partial charge >= 0.3 is 0 Å². The van der Waals surface area contributed by atoms with Crippen LogP contribution in [0.1, 0.15) is 30.6 Å². The van der Waals surface area contributed by atoms with Crippen LogP contribution in [-0.2, 0) is 0 Å². The number of hydrogen-bond acceptors (Lipinski definition) is 2. The number of phenols is 1. The van der Waals surface area contributed by atoms with Crippen LogP contribution in [0, 0.1) is 5.82 Å². The number of aromatic hydroxyl groups is 1. The van der Waals surface area contributed by atoms with Crippen molar-refractivity contribution < 1.29 is 14.3 Å². The van der Waals surface area contributed by atoms with Gasteiger partial charge in [-0.05, 0) is 32.4 Å². The molecule has 0 aliphatic heterocycles. The summed E-state index contributed by atoms with van der Waals surface area (Å²) in [5.41, 5.74) is -0.277. The number of phenolic OH excluding ortho intramolecular Hbond substituents is 1. The molecule has 100 valence electrons. The van der Waals surface area contributed by atoms with E-state index in [1.165, 1.54) is 17.0 Å². The predicted octanol–water partition coefficient (Wildman–Crippen LogP) is 3.01. The Balaban J connectivity index is 3.02. The molecule has 0 saturated heterocycles. The van der Waals surface area contributed by atoms with E-state index in [1.807, 2.05) is 13.8 Å². The number of carbonyl (C=O) groups is 1. The number of nitrogens with zero attached hydrogens (tertiary/aromatic N) is 1. The highest BCUT2D eigenvalue weighted by atomic mass is 35.5. The van der Waals surface area contributed by atoms with Crippen molar-refractivity contribution in [1.29, 1.82) is 0 Å². The molecule has 0 bridgehead atoms. The van der Waals surface area contributed by atoms with E-state index in [1.54, 1.807) is 0 Å². The number of alkyl halides is 1. The van der Waals surface area contributed by atoms with Gasteiger partial charge in [0.1, 0.15) is 17.1 Å². The molecule has 0 spiro atoms. The summed E-state index contributed by atoms with van der Waals surface area (Å²) in [6.45, 7) is 4.11. The van der Waals surface area contributed by atoms with Crippen LogP contribution >= 0.6 is 11.6 Å². The largest absolute Gasteiger partial charge is 0.507 e. The number of rotatable bonds is 5. The van der Waals surface area contributed by atoms with Crippen molar-refractivity contribution in [2.24, 2.45) is 0 Å². The van der Waals surface area contributed by atoms with Gasteiger partial charge in [-0.15, -0.1) is 11.6 Å². The van der Waals surface area contributed by atoms with Crippen LogP contribution in [0.25, 0.3) is 0 Å². The van der Waals surface area contributed by atoms with Crippen molar-refractivity contribution >= 4 is 17.5 Å². The van der Waals surface area contributed by atoms with E-state index in [2.05, 4.69) is 0 Å². The van der Waals surface area contributed by atoms with E-state index in [0.29, 0.717) is 18.8 Å². The number of halogens is 2. The molecule has 0 aromatic heterocycles. The summed E-state index contributed by atoms with van der Waals surface area (Å²) in [6, 6.07) is 3.74. The van der Waals surface area contributed by atoms with Gasteiger partial charge in [-0.2, -0.15) is 0 Å². The molecule has 1 aromatic carbocycles. The molecule has 5 heteroatoms. The lowest BCUT2D eigenvalue weighted by atomic mass is 10.1. The highest BCUT2D eigenvalue weighted by molar-refractivity contribution is 6.17. The summed E-state index contributed by atoms with van der Waals surface area (Å²) in [5, 5.41) is 9.60. The van der Waals surface area contributed by atoms with Crippen LogP contribution in [0.5, 0.6) is 5.75 Å². The third kappa shape index (κ3) is 3.35. The summed E-state index contributed by atoms with van der Waals surface area (Å²) in [6.07, 6.45) is 0.626. The van der Waals surface area contributed by atoms with Crippen molar-refractivity contribution in [2.45, 2.75) is 26.3 Å². The molecule has 1 amide bonds. The van der Waals surface area contributed by atoms with Crippen LogP contribution in [-0.4, -0.2) is 34.4 Å². The summed E-state index contributed by atoms with van der Waals surface area (Å²) >= 11 is 5.60. The zero-order valence-electron chi connectivity index (χ0n) is 10.5. The van der Waals surface area contributed by atoms with E-state index < -0.39 is 11.7 Å². The number of benzene rings is 1. The van der Waals surface area contributed by atoms with Gasteiger partial charge in [0.15, 0.2) is 0 Å². The fraction of sp³-hybridized carbons (Fsp3) is 0.462. The molecule has 0 saturated carbocycles. The van der Waals surface area contributed by atoms with Gasteiger partial charge in [0.05, 0.1) is 0 Å². The molecule has 0 aliphatic carbocycles. The highest BCUT2D eigenvalue weighted by Crippen LogP contribution is 2.22. The Hall–Kier alpha value is -1.29. The average Bonchev–Trinajstić information content (AvgIpc) is 2.28. The third-order valence-corrected chi connectivity index (χ3v) is 2.89. The van der Waals surface area contributed by atoms with Crippen molar-refractivity contribution in [3.63, 3.8) is 0 Å². The maximum absolute atomic E-state index is 13.6. The Morgan fingerprint density at radius 1 is 1.50 bits per heavy atom. The quantitative estimate of drug-likeness (QED) is 0.838. The predicted molar refractivity (Wildman–Crippen MR) is 69.6 cm³/mol. The average molecular weight is 274 g/mol. The van der Waals surface area contributed by atoms with Crippen molar-refractivity contribution in [1.82, 2.24) is 4.90 Å². The van der Waals surface area contributed by atoms with Crippen molar-refractivity contribution in [2.75, 3.05) is 12.4 Å². The summed E-state index contributed by atoms with van der Waals surface area (Å²) in [4.78, 5) is 13.7. The smallest absolute Gasteiger partial charge is 0.260 e. The molecule has 0 fully saturated rings. The maximum atomic E-state index is 13.6. The Bertz CT molecular complexity index is 403. The molecule has 0 radical (unpaired) electrons. The van der Waals surface area contributed by atoms with Crippen LogP contribution in [0.15, 0.2) is 18.2 Å². The molecule has 1 N–H and O–H groups in total. The third-order valence-electron chi connectivity index (χ3n) is 2.62. The number of amides is 1. The van der Waals surface area contributed by atoms with Crippen LogP contribution in [0.4, 0.5) is 4.39 Å². The number of hydrogen-bond donors (Lipinski definition) is 1. The zero-order chi connectivity index (χ0) is 13.7. The standard InChI is InChI=1S/C13H17ClFNO2/c1-9(2)16(8-4-7-14)13(18)12-10(15)5-3-6-11(12)17/h3,5-6,9,17H,4,7-8H2,1-2H3. The van der Waals surface area contributed by atoms with Crippen molar-refractivity contribution in [3.8, 4) is 5.75 Å². The molecule has 0 unspecified atom stereocenters. The normalized spacial score (nSPS) is 10.7. The first kappa shape index (κ1) is 14.8. The minimum Gasteiger partial charge on any atom is -0.507 e. The van der Waals surface area contributed by atoms with E-state index in [0.717, 1.165) is 6.07 Å². The maximum Gasteiger partial charge on any atom is 0.260 e. The minimum atomic E-state index is -0.712. The Kier molecular flexibility index (Phi) is 5.41. The Morgan fingerprint density at radius 3 is 2.67 bits per heavy atom. The monoisotopic (exact) mass is 273 g/mol. The summed E-state index contributed by atoms with van der Waals surface area (Å²) in [7, 11) is 0. The molecule has 0 aliphatic rings. The first-order chi connectivity index (χ1) is 8.49. The molecule has 1 aromatic rings. The van der Waals surface area contributed by atoms with E-state index in [9.17, 15) is 14.3 Å². The lowest BCUT2D eigenvalue weighted by molar-refractivity contribution is 0.0698. The molecule has 0 heterocycles. The highest BCUT2D eigenvalue weighted by Gasteiger charge is 2.24. The lowest BCUT2D eigenvalue weighted by Crippen LogP contribution is -2.38. The Morgan fingerprint density at radius 2 is 2.17 bits per heavy atom. The van der Waals surface area contributed by atoms with Gasteiger partial charge in [-0.3, -0.25) is 4.79 Å². The minimum absolute atomic E-state index is 0.0836. The molecule has 0 atom stereocenters. The molecule has 3 nitrogen and oxygen atoms in total. The molecule has 1 rings (SSSR count). The van der Waals surface area contributed by atoms with Crippen molar-refractivity contribution in [3.05, 3.63) is 29.6 Å². The summed E-state index contributed by atoms with van der Waals surface area (Å²) < 4.78 is 13.6. The fourth-order valence-electron chi connectivity index (χ4n) is 1.69. The molecule has 18 heavy (non-hydrogen) atoms. The van der Waals surface area contributed by atoms with E-state index in [4.69, 9.17) is 11.6 Å².